The first-order valence-corrected chi connectivity index (χ1v) is 7.42. The van der Waals surface area contributed by atoms with E-state index in [9.17, 15) is 0 Å². The second kappa shape index (κ2) is 6.18. The Labute approximate surface area is 125 Å². The van der Waals surface area contributed by atoms with Gasteiger partial charge in [0.05, 0.1) is 5.69 Å². The van der Waals surface area contributed by atoms with Crippen molar-refractivity contribution in [3.8, 4) is 0 Å². The number of likely N-dealkylation sites (tertiary alicyclic amines) is 1. The van der Waals surface area contributed by atoms with Crippen LogP contribution in [0, 0.1) is 6.92 Å². The molecule has 2 aromatic rings. The van der Waals surface area contributed by atoms with Crippen molar-refractivity contribution in [2.75, 3.05) is 25.5 Å². The van der Waals surface area contributed by atoms with Crippen molar-refractivity contribution in [1.82, 2.24) is 19.9 Å². The molecule has 0 aromatic carbocycles. The average molecular weight is 283 g/mol. The lowest BCUT2D eigenvalue weighted by atomic mass is 9.93. The molecule has 2 aromatic heterocycles. The van der Waals surface area contributed by atoms with Gasteiger partial charge in [-0.05, 0) is 52.0 Å². The summed E-state index contributed by atoms with van der Waals surface area (Å²) < 4.78 is 0. The quantitative estimate of drug-likeness (QED) is 0.938. The maximum Gasteiger partial charge on any atom is 0.153 e. The number of rotatable bonds is 3. The maximum absolute atomic E-state index is 4.57. The minimum Gasteiger partial charge on any atom is -0.323 e. The van der Waals surface area contributed by atoms with Crippen molar-refractivity contribution >= 4 is 11.6 Å². The molecule has 5 heteroatoms. The lowest BCUT2D eigenvalue weighted by Crippen LogP contribution is -2.29. The fraction of sp³-hybridized carbons (Fsp3) is 0.438. The van der Waals surface area contributed by atoms with Gasteiger partial charge in [-0.25, -0.2) is 9.97 Å². The highest BCUT2D eigenvalue weighted by molar-refractivity contribution is 5.54. The Morgan fingerprint density at radius 1 is 1.14 bits per heavy atom. The molecule has 1 fully saturated rings. The Hall–Kier alpha value is -2.01. The highest BCUT2D eigenvalue weighted by Gasteiger charge is 2.22. The molecule has 1 saturated heterocycles. The first-order valence-electron chi connectivity index (χ1n) is 7.42. The van der Waals surface area contributed by atoms with E-state index in [1.54, 1.807) is 12.4 Å². The molecule has 0 amide bonds. The molecular formula is C16H21N5. The summed E-state index contributed by atoms with van der Waals surface area (Å²) in [4.78, 5) is 15.9. The number of aryl methyl sites for hydroxylation is 1. The normalized spacial score (nSPS) is 16.9. The summed E-state index contributed by atoms with van der Waals surface area (Å²) in [5.41, 5.74) is 2.05. The first-order chi connectivity index (χ1) is 10.2. The van der Waals surface area contributed by atoms with Gasteiger partial charge in [0, 0.05) is 24.0 Å². The minimum atomic E-state index is 0.474. The second-order valence-corrected chi connectivity index (χ2v) is 5.66. The van der Waals surface area contributed by atoms with Gasteiger partial charge in [0.2, 0.25) is 0 Å². The van der Waals surface area contributed by atoms with Crippen LogP contribution < -0.4 is 5.32 Å². The molecule has 1 aliphatic heterocycles. The SMILES string of the molecule is Cc1cccc(Nc2nccnc2C2CCN(C)CC2)n1. The Bertz CT molecular complexity index is 605. The van der Waals surface area contributed by atoms with Crippen LogP contribution >= 0.6 is 0 Å². The van der Waals surface area contributed by atoms with Crippen molar-refractivity contribution in [2.24, 2.45) is 0 Å². The number of hydrogen-bond donors (Lipinski definition) is 1. The smallest absolute Gasteiger partial charge is 0.153 e. The summed E-state index contributed by atoms with van der Waals surface area (Å²) in [5.74, 6) is 2.14. The molecule has 5 nitrogen and oxygen atoms in total. The minimum absolute atomic E-state index is 0.474. The molecule has 3 heterocycles. The molecule has 0 saturated carbocycles. The van der Waals surface area contributed by atoms with E-state index in [-0.39, 0.29) is 0 Å². The van der Waals surface area contributed by atoms with Gasteiger partial charge in [0.1, 0.15) is 5.82 Å². The largest absolute Gasteiger partial charge is 0.323 e. The van der Waals surface area contributed by atoms with Gasteiger partial charge in [-0.1, -0.05) is 6.07 Å². The molecule has 0 aliphatic carbocycles. The molecule has 21 heavy (non-hydrogen) atoms. The van der Waals surface area contributed by atoms with Crippen LogP contribution in [0.5, 0.6) is 0 Å². The second-order valence-electron chi connectivity index (χ2n) is 5.66. The van der Waals surface area contributed by atoms with Gasteiger partial charge in [-0.2, -0.15) is 0 Å². The molecule has 0 spiro atoms. The van der Waals surface area contributed by atoms with E-state index in [1.807, 2.05) is 25.1 Å². The van der Waals surface area contributed by atoms with Crippen molar-refractivity contribution in [2.45, 2.75) is 25.7 Å². The molecule has 0 radical (unpaired) electrons. The van der Waals surface area contributed by atoms with Gasteiger partial charge >= 0.3 is 0 Å². The topological polar surface area (TPSA) is 53.9 Å². The van der Waals surface area contributed by atoms with Gasteiger partial charge in [-0.15, -0.1) is 0 Å². The van der Waals surface area contributed by atoms with Crippen LogP contribution in [0.25, 0.3) is 0 Å². The summed E-state index contributed by atoms with van der Waals surface area (Å²) in [5, 5.41) is 3.32. The fourth-order valence-electron chi connectivity index (χ4n) is 2.76. The standard InChI is InChI=1S/C16H21N5/c1-12-4-3-5-14(19-12)20-16-15(17-8-9-18-16)13-6-10-21(2)11-7-13/h3-5,8-9,13H,6-7,10-11H2,1-2H3,(H,18,19,20). The van der Waals surface area contributed by atoms with Crippen molar-refractivity contribution in [3.63, 3.8) is 0 Å². The molecule has 1 N–H and O–H groups in total. The molecule has 110 valence electrons. The van der Waals surface area contributed by atoms with Crippen LogP contribution in [0.3, 0.4) is 0 Å². The number of pyridine rings is 1. The van der Waals surface area contributed by atoms with Crippen LogP contribution in [0.2, 0.25) is 0 Å². The number of nitrogens with zero attached hydrogens (tertiary/aromatic N) is 4. The summed E-state index contributed by atoms with van der Waals surface area (Å²) in [6.45, 7) is 4.21. The zero-order valence-electron chi connectivity index (χ0n) is 12.6. The zero-order chi connectivity index (χ0) is 14.7. The predicted molar refractivity (Wildman–Crippen MR) is 83.8 cm³/mol. The lowest BCUT2D eigenvalue weighted by molar-refractivity contribution is 0.253. The Kier molecular flexibility index (Phi) is 4.10. The first kappa shape index (κ1) is 13.9. The van der Waals surface area contributed by atoms with Crippen LogP contribution in [-0.4, -0.2) is 40.0 Å². The molecule has 0 unspecified atom stereocenters. The van der Waals surface area contributed by atoms with Crippen molar-refractivity contribution in [3.05, 3.63) is 42.0 Å². The van der Waals surface area contributed by atoms with Gasteiger partial charge < -0.3 is 10.2 Å². The zero-order valence-corrected chi connectivity index (χ0v) is 12.6. The third-order valence-corrected chi connectivity index (χ3v) is 3.97. The van der Waals surface area contributed by atoms with Crippen LogP contribution in [0.4, 0.5) is 11.6 Å². The highest BCUT2D eigenvalue weighted by atomic mass is 15.1. The summed E-state index contributed by atoms with van der Waals surface area (Å²) in [6.07, 6.45) is 5.77. The maximum atomic E-state index is 4.57. The third kappa shape index (κ3) is 3.36. The highest BCUT2D eigenvalue weighted by Crippen LogP contribution is 2.30. The Morgan fingerprint density at radius 3 is 2.67 bits per heavy atom. The molecule has 3 rings (SSSR count). The van der Waals surface area contributed by atoms with Crippen LogP contribution in [-0.2, 0) is 0 Å². The predicted octanol–water partition coefficient (Wildman–Crippen LogP) is 2.73. The molecule has 0 bridgehead atoms. The average Bonchev–Trinajstić information content (AvgIpc) is 2.49. The van der Waals surface area contributed by atoms with E-state index >= 15 is 0 Å². The van der Waals surface area contributed by atoms with Crippen LogP contribution in [0.1, 0.15) is 30.1 Å². The Morgan fingerprint density at radius 2 is 1.90 bits per heavy atom. The number of anilines is 2. The van der Waals surface area contributed by atoms with Crippen LogP contribution in [0.15, 0.2) is 30.6 Å². The summed E-state index contributed by atoms with van der Waals surface area (Å²) in [7, 11) is 2.17. The number of nitrogens with one attached hydrogen (secondary N) is 1. The summed E-state index contributed by atoms with van der Waals surface area (Å²) >= 11 is 0. The lowest BCUT2D eigenvalue weighted by Gasteiger charge is -2.29. The van der Waals surface area contributed by atoms with Gasteiger partial charge in [0.15, 0.2) is 5.82 Å². The van der Waals surface area contributed by atoms with E-state index < -0.39 is 0 Å². The molecular weight excluding hydrogens is 262 g/mol. The van der Waals surface area contributed by atoms with Crippen molar-refractivity contribution < 1.29 is 0 Å². The number of aromatic nitrogens is 3. The molecule has 0 atom stereocenters. The van der Waals surface area contributed by atoms with E-state index in [0.717, 1.165) is 49.0 Å². The third-order valence-electron chi connectivity index (χ3n) is 3.97. The van der Waals surface area contributed by atoms with Crippen molar-refractivity contribution in [1.29, 1.82) is 0 Å². The van der Waals surface area contributed by atoms with E-state index in [1.165, 1.54) is 0 Å². The summed E-state index contributed by atoms with van der Waals surface area (Å²) in [6, 6.07) is 5.94. The number of hydrogen-bond acceptors (Lipinski definition) is 5. The Balaban J connectivity index is 1.82. The van der Waals surface area contributed by atoms with Gasteiger partial charge in [0.25, 0.3) is 0 Å². The van der Waals surface area contributed by atoms with E-state index in [2.05, 4.69) is 32.2 Å². The monoisotopic (exact) mass is 283 g/mol. The van der Waals surface area contributed by atoms with E-state index in [4.69, 9.17) is 0 Å². The fourth-order valence-corrected chi connectivity index (χ4v) is 2.76. The molecule has 1 aliphatic rings. The van der Waals surface area contributed by atoms with E-state index in [0.29, 0.717) is 5.92 Å². The van der Waals surface area contributed by atoms with Gasteiger partial charge in [-0.3, -0.25) is 4.98 Å². The number of piperidine rings is 1.